The summed E-state index contributed by atoms with van der Waals surface area (Å²) in [7, 11) is 5.20. The molecule has 3 aromatic rings. The van der Waals surface area contributed by atoms with Gasteiger partial charge in [-0.25, -0.2) is 0 Å². The lowest BCUT2D eigenvalue weighted by Crippen LogP contribution is -2.42. The molecule has 0 saturated carbocycles. The van der Waals surface area contributed by atoms with Crippen LogP contribution in [0.25, 0.3) is 0 Å². The van der Waals surface area contributed by atoms with Crippen LogP contribution in [0.15, 0.2) is 66.7 Å². The number of benzene rings is 3. The summed E-state index contributed by atoms with van der Waals surface area (Å²) in [6.45, 7) is 3.58. The van der Waals surface area contributed by atoms with Crippen molar-refractivity contribution < 1.29 is 19.1 Å². The Morgan fingerprint density at radius 2 is 1.67 bits per heavy atom. The zero-order valence-electron chi connectivity index (χ0n) is 21.3. The van der Waals surface area contributed by atoms with Crippen molar-refractivity contribution in [3.05, 3.63) is 89.0 Å². The van der Waals surface area contributed by atoms with E-state index < -0.39 is 0 Å². The number of anilines is 1. The van der Waals surface area contributed by atoms with Gasteiger partial charge in [0.25, 0.3) is 5.91 Å². The molecule has 2 amide bonds. The summed E-state index contributed by atoms with van der Waals surface area (Å²) in [4.78, 5) is 29.6. The molecule has 1 atom stereocenters. The number of ether oxygens (including phenoxy) is 2. The first kappa shape index (κ1) is 25.3. The second kappa shape index (κ2) is 11.3. The summed E-state index contributed by atoms with van der Waals surface area (Å²) < 4.78 is 10.9. The Labute approximate surface area is 212 Å². The van der Waals surface area contributed by atoms with Crippen molar-refractivity contribution >= 4 is 17.5 Å². The number of nitrogens with one attached hydrogen (secondary N) is 1. The third kappa shape index (κ3) is 5.69. The largest absolute Gasteiger partial charge is 0.493 e. The molecule has 4 rings (SSSR count). The Morgan fingerprint density at radius 3 is 2.36 bits per heavy atom. The molecule has 3 aromatic carbocycles. The highest BCUT2D eigenvalue weighted by Crippen LogP contribution is 2.33. The molecule has 1 aliphatic heterocycles. The van der Waals surface area contributed by atoms with Crippen molar-refractivity contribution in [3.63, 3.8) is 0 Å². The molecule has 0 saturated heterocycles. The molecule has 188 valence electrons. The Hall–Kier alpha value is -3.84. The van der Waals surface area contributed by atoms with E-state index >= 15 is 0 Å². The zero-order valence-corrected chi connectivity index (χ0v) is 21.3. The molecule has 1 heterocycles. The van der Waals surface area contributed by atoms with Crippen LogP contribution in [0.4, 0.5) is 5.69 Å². The molecule has 7 heteroatoms. The molecule has 36 heavy (non-hydrogen) atoms. The first-order valence-electron chi connectivity index (χ1n) is 12.1. The van der Waals surface area contributed by atoms with Crippen molar-refractivity contribution in [1.82, 2.24) is 9.80 Å². The van der Waals surface area contributed by atoms with E-state index in [2.05, 4.69) is 12.2 Å². The molecule has 0 fully saturated rings. The Kier molecular flexibility index (Phi) is 7.90. The maximum atomic E-state index is 13.2. The van der Waals surface area contributed by atoms with Crippen molar-refractivity contribution in [3.8, 4) is 11.5 Å². The number of rotatable bonds is 8. The molecule has 1 aliphatic rings. The van der Waals surface area contributed by atoms with Crippen molar-refractivity contribution in [2.45, 2.75) is 25.9 Å². The van der Waals surface area contributed by atoms with Crippen molar-refractivity contribution in [2.75, 3.05) is 39.7 Å². The fourth-order valence-corrected chi connectivity index (χ4v) is 4.47. The summed E-state index contributed by atoms with van der Waals surface area (Å²) in [6.07, 6.45) is 0.782. The van der Waals surface area contributed by atoms with E-state index in [0.29, 0.717) is 36.7 Å². The molecular weight excluding hydrogens is 454 g/mol. The van der Waals surface area contributed by atoms with Crippen LogP contribution in [0.2, 0.25) is 0 Å². The minimum Gasteiger partial charge on any atom is -0.493 e. The van der Waals surface area contributed by atoms with E-state index in [1.807, 2.05) is 71.4 Å². The minimum absolute atomic E-state index is 0.0102. The van der Waals surface area contributed by atoms with Gasteiger partial charge in [0.1, 0.15) is 0 Å². The predicted molar refractivity (Wildman–Crippen MR) is 141 cm³/mol. The van der Waals surface area contributed by atoms with E-state index in [0.717, 1.165) is 23.2 Å². The Bertz CT molecular complexity index is 1230. The number of methoxy groups -OCH3 is 2. The summed E-state index contributed by atoms with van der Waals surface area (Å²) in [6, 6.07) is 20.9. The van der Waals surface area contributed by atoms with Gasteiger partial charge in [0, 0.05) is 30.4 Å². The second-order valence-electron chi connectivity index (χ2n) is 9.08. The highest BCUT2D eigenvalue weighted by molar-refractivity contribution is 6.04. The lowest BCUT2D eigenvalue weighted by atomic mass is 9.98. The number of nitrogens with zero attached hydrogens (tertiary/aromatic N) is 2. The molecule has 0 bridgehead atoms. The average Bonchev–Trinajstić information content (AvgIpc) is 2.91. The number of amides is 2. The van der Waals surface area contributed by atoms with Crippen LogP contribution < -0.4 is 14.8 Å². The summed E-state index contributed by atoms with van der Waals surface area (Å²) in [5.74, 6) is 1.32. The van der Waals surface area contributed by atoms with E-state index in [1.54, 1.807) is 26.4 Å². The maximum Gasteiger partial charge on any atom is 0.255 e. The molecule has 0 radical (unpaired) electrons. The zero-order chi connectivity index (χ0) is 25.7. The van der Waals surface area contributed by atoms with Crippen LogP contribution >= 0.6 is 0 Å². The summed E-state index contributed by atoms with van der Waals surface area (Å²) in [5.41, 5.74) is 4.64. The van der Waals surface area contributed by atoms with Crippen LogP contribution in [0.1, 0.15) is 40.0 Å². The van der Waals surface area contributed by atoms with Gasteiger partial charge in [-0.05, 0) is 73.5 Å². The van der Waals surface area contributed by atoms with E-state index in [9.17, 15) is 9.59 Å². The molecular formula is C29H33N3O4. The van der Waals surface area contributed by atoms with Gasteiger partial charge in [0.15, 0.2) is 11.5 Å². The number of carbonyl (C=O) groups excluding carboxylic acids is 2. The summed E-state index contributed by atoms with van der Waals surface area (Å²) in [5, 5.41) is 2.96. The van der Waals surface area contributed by atoms with Gasteiger partial charge in [-0.3, -0.25) is 14.5 Å². The number of fused-ring (bicyclic) bond motifs is 1. The van der Waals surface area contributed by atoms with E-state index in [-0.39, 0.29) is 17.9 Å². The van der Waals surface area contributed by atoms with E-state index in [1.165, 1.54) is 5.56 Å². The van der Waals surface area contributed by atoms with Crippen LogP contribution in [0.5, 0.6) is 11.5 Å². The van der Waals surface area contributed by atoms with E-state index in [4.69, 9.17) is 9.47 Å². The van der Waals surface area contributed by atoms with Crippen molar-refractivity contribution in [2.24, 2.45) is 0 Å². The molecule has 0 aliphatic carbocycles. The third-order valence-electron chi connectivity index (χ3n) is 6.78. The Balaban J connectivity index is 1.38. The average molecular weight is 488 g/mol. The smallest absolute Gasteiger partial charge is 0.255 e. The van der Waals surface area contributed by atoms with Gasteiger partial charge in [-0.2, -0.15) is 0 Å². The number of hydrogen-bond donors (Lipinski definition) is 1. The molecule has 0 spiro atoms. The number of hydrogen-bond acceptors (Lipinski definition) is 5. The molecule has 0 aromatic heterocycles. The third-order valence-corrected chi connectivity index (χ3v) is 6.78. The normalized spacial score (nSPS) is 13.6. The quantitative estimate of drug-likeness (QED) is 0.505. The maximum absolute atomic E-state index is 13.2. The van der Waals surface area contributed by atoms with Gasteiger partial charge in [-0.1, -0.05) is 30.3 Å². The van der Waals surface area contributed by atoms with Gasteiger partial charge >= 0.3 is 0 Å². The fraction of sp³-hybridized carbons (Fsp3) is 0.310. The molecule has 7 nitrogen and oxygen atoms in total. The molecule has 1 unspecified atom stereocenters. The topological polar surface area (TPSA) is 71.1 Å². The first-order valence-corrected chi connectivity index (χ1v) is 12.1. The highest BCUT2D eigenvalue weighted by atomic mass is 16.5. The predicted octanol–water partition coefficient (Wildman–Crippen LogP) is 4.53. The number of likely N-dealkylation sites (N-methyl/N-ethyl adjacent to an activating group) is 1. The van der Waals surface area contributed by atoms with Crippen LogP contribution in [-0.2, 0) is 17.8 Å². The Morgan fingerprint density at radius 1 is 0.972 bits per heavy atom. The standard InChI is InChI=1S/C29H33N3O4/c1-20(22-11-8-12-25(15-22)30-29(34)21-9-6-5-7-10-21)31(2)19-28(33)32-14-13-23-16-26(35-3)27(36-4)17-24(23)18-32/h5-12,15-17,20H,13-14,18-19H2,1-4H3,(H,30,34). The minimum atomic E-state index is -0.149. The monoisotopic (exact) mass is 487 g/mol. The second-order valence-corrected chi connectivity index (χ2v) is 9.08. The van der Waals surface area contributed by atoms with Gasteiger partial charge in [0.05, 0.1) is 20.8 Å². The van der Waals surface area contributed by atoms with Crippen LogP contribution in [-0.4, -0.2) is 56.0 Å². The van der Waals surface area contributed by atoms with Crippen molar-refractivity contribution in [1.29, 1.82) is 0 Å². The fourth-order valence-electron chi connectivity index (χ4n) is 4.47. The highest BCUT2D eigenvalue weighted by Gasteiger charge is 2.25. The van der Waals surface area contributed by atoms with Gasteiger partial charge in [0.2, 0.25) is 5.91 Å². The van der Waals surface area contributed by atoms with Crippen LogP contribution in [0, 0.1) is 0 Å². The summed E-state index contributed by atoms with van der Waals surface area (Å²) >= 11 is 0. The first-order chi connectivity index (χ1) is 17.4. The molecule has 1 N–H and O–H groups in total. The lowest BCUT2D eigenvalue weighted by Gasteiger charge is -2.32. The number of carbonyl (C=O) groups is 2. The SMILES string of the molecule is COc1cc2c(cc1OC)CN(C(=O)CN(C)C(C)c1cccc(NC(=O)c3ccccc3)c1)CC2. The van der Waals surface area contributed by atoms with Gasteiger partial charge in [-0.15, -0.1) is 0 Å². The van der Waals surface area contributed by atoms with Gasteiger partial charge < -0.3 is 19.7 Å². The lowest BCUT2D eigenvalue weighted by molar-refractivity contribution is -0.133. The van der Waals surface area contributed by atoms with Crippen LogP contribution in [0.3, 0.4) is 0 Å².